The monoisotopic (exact) mass is 388 g/mol. The second-order valence-corrected chi connectivity index (χ2v) is 10.1. The lowest BCUT2D eigenvalue weighted by Crippen LogP contribution is -2.36. The van der Waals surface area contributed by atoms with E-state index >= 15 is 0 Å². The van der Waals surface area contributed by atoms with Gasteiger partial charge in [-0.05, 0) is 31.0 Å². The van der Waals surface area contributed by atoms with Crippen molar-refractivity contribution in [2.45, 2.75) is 30.2 Å². The number of rotatable bonds is 5. The zero-order valence-corrected chi connectivity index (χ0v) is 15.4. The first kappa shape index (κ1) is 18.2. The number of ether oxygens (including phenoxy) is 1. The average molecular weight is 388 g/mol. The van der Waals surface area contributed by atoms with E-state index < -0.39 is 25.9 Å². The topological polar surface area (TPSA) is 110 Å². The van der Waals surface area contributed by atoms with E-state index in [0.29, 0.717) is 18.7 Å². The van der Waals surface area contributed by atoms with Gasteiger partial charge in [-0.25, -0.2) is 21.6 Å². The molecule has 10 heteroatoms. The molecular weight excluding hydrogens is 368 g/mol. The van der Waals surface area contributed by atoms with Gasteiger partial charge in [0.25, 0.3) is 0 Å². The third kappa shape index (κ3) is 3.80. The van der Waals surface area contributed by atoms with Crippen LogP contribution in [0.5, 0.6) is 5.75 Å². The number of methoxy groups -OCH3 is 1. The van der Waals surface area contributed by atoms with Gasteiger partial charge in [-0.15, -0.1) is 0 Å². The summed E-state index contributed by atoms with van der Waals surface area (Å²) in [5.74, 6) is -0.148. The van der Waals surface area contributed by atoms with Crippen molar-refractivity contribution in [2.24, 2.45) is 0 Å². The molecule has 25 heavy (non-hydrogen) atoms. The van der Waals surface area contributed by atoms with E-state index in [9.17, 15) is 21.6 Å². The molecule has 138 valence electrons. The van der Waals surface area contributed by atoms with E-state index in [4.69, 9.17) is 4.74 Å². The van der Waals surface area contributed by atoms with E-state index in [2.05, 4.69) is 4.72 Å². The number of anilines is 1. The maximum Gasteiger partial charge on any atom is 0.244 e. The van der Waals surface area contributed by atoms with Crippen LogP contribution in [0.4, 0.5) is 5.69 Å². The van der Waals surface area contributed by atoms with Crippen LogP contribution in [0.25, 0.3) is 0 Å². The highest BCUT2D eigenvalue weighted by atomic mass is 32.2. The van der Waals surface area contributed by atoms with Crippen molar-refractivity contribution in [2.75, 3.05) is 30.1 Å². The molecule has 1 N–H and O–H groups in total. The minimum atomic E-state index is -3.98. The Morgan fingerprint density at radius 1 is 1.32 bits per heavy atom. The van der Waals surface area contributed by atoms with Crippen molar-refractivity contribution in [3.63, 3.8) is 0 Å². The van der Waals surface area contributed by atoms with Crippen LogP contribution in [0.15, 0.2) is 23.1 Å². The number of carbonyl (C=O) groups excluding carboxylic acids is 1. The van der Waals surface area contributed by atoms with E-state index in [1.165, 1.54) is 19.2 Å². The molecule has 0 aromatic heterocycles. The Bertz CT molecular complexity index is 895. The first-order valence-electron chi connectivity index (χ1n) is 7.93. The van der Waals surface area contributed by atoms with Crippen molar-refractivity contribution in [3.05, 3.63) is 18.2 Å². The van der Waals surface area contributed by atoms with Crippen LogP contribution in [0, 0.1) is 0 Å². The lowest BCUT2D eigenvalue weighted by molar-refractivity contribution is -0.117. The van der Waals surface area contributed by atoms with Gasteiger partial charge in [0.05, 0.1) is 18.6 Å². The van der Waals surface area contributed by atoms with Crippen molar-refractivity contribution in [1.29, 1.82) is 0 Å². The number of sulfonamides is 1. The van der Waals surface area contributed by atoms with Gasteiger partial charge < -0.3 is 9.64 Å². The predicted octanol–water partition coefficient (Wildman–Crippen LogP) is 0.287. The van der Waals surface area contributed by atoms with Gasteiger partial charge in [-0.3, -0.25) is 4.79 Å². The summed E-state index contributed by atoms with van der Waals surface area (Å²) in [7, 11) is -5.83. The normalized spacial score (nSPS) is 23.2. The van der Waals surface area contributed by atoms with Gasteiger partial charge in [0, 0.05) is 24.7 Å². The largest absolute Gasteiger partial charge is 0.495 e. The summed E-state index contributed by atoms with van der Waals surface area (Å²) in [6.45, 7) is 0.541. The molecule has 1 aromatic rings. The quantitative estimate of drug-likeness (QED) is 0.776. The minimum absolute atomic E-state index is 0.0281. The smallest absolute Gasteiger partial charge is 0.244 e. The number of hydrogen-bond donors (Lipinski definition) is 1. The summed E-state index contributed by atoms with van der Waals surface area (Å²) < 4.78 is 56.2. The fourth-order valence-electron chi connectivity index (χ4n) is 3.14. The Morgan fingerprint density at radius 2 is 2.08 bits per heavy atom. The maximum absolute atomic E-state index is 12.7. The van der Waals surface area contributed by atoms with Crippen molar-refractivity contribution in [3.8, 4) is 5.75 Å². The number of amides is 1. The molecular formula is C15H20N2O6S2. The molecule has 0 saturated carbocycles. The van der Waals surface area contributed by atoms with Gasteiger partial charge in [0.1, 0.15) is 10.6 Å². The third-order valence-corrected chi connectivity index (χ3v) is 7.69. The SMILES string of the molecule is COc1ccc(N2CCCC2=O)cc1S(=O)(=O)NC1CCS(=O)(=O)C1. The van der Waals surface area contributed by atoms with Crippen LogP contribution in [-0.2, 0) is 24.7 Å². The summed E-state index contributed by atoms with van der Waals surface area (Å²) in [5.41, 5.74) is 0.489. The molecule has 0 bridgehead atoms. The first-order chi connectivity index (χ1) is 11.7. The molecule has 8 nitrogen and oxygen atoms in total. The van der Waals surface area contributed by atoms with Crippen LogP contribution < -0.4 is 14.4 Å². The van der Waals surface area contributed by atoms with Crippen molar-refractivity contribution >= 4 is 31.5 Å². The maximum atomic E-state index is 12.7. The minimum Gasteiger partial charge on any atom is -0.495 e. The lowest BCUT2D eigenvalue weighted by atomic mass is 10.3. The molecule has 0 radical (unpaired) electrons. The molecule has 0 spiro atoms. The second-order valence-electron chi connectivity index (χ2n) is 6.21. The molecule has 2 saturated heterocycles. The molecule has 3 rings (SSSR count). The Balaban J connectivity index is 1.92. The summed E-state index contributed by atoms with van der Waals surface area (Å²) in [6.07, 6.45) is 1.41. The predicted molar refractivity (Wildman–Crippen MR) is 92.0 cm³/mol. The van der Waals surface area contributed by atoms with Crippen LogP contribution in [-0.4, -0.2) is 53.9 Å². The summed E-state index contributed by atoms with van der Waals surface area (Å²) in [5, 5.41) is 0. The third-order valence-electron chi connectivity index (χ3n) is 4.38. The second kappa shape index (κ2) is 6.58. The van der Waals surface area contributed by atoms with Crippen molar-refractivity contribution < 1.29 is 26.4 Å². The molecule has 1 atom stereocenters. The van der Waals surface area contributed by atoms with E-state index in [1.54, 1.807) is 11.0 Å². The summed E-state index contributed by atoms with van der Waals surface area (Å²) in [6, 6.07) is 3.88. The number of nitrogens with one attached hydrogen (secondary N) is 1. The van der Waals surface area contributed by atoms with Crippen LogP contribution in [0.3, 0.4) is 0 Å². The zero-order chi connectivity index (χ0) is 18.2. The molecule has 2 heterocycles. The van der Waals surface area contributed by atoms with Gasteiger partial charge >= 0.3 is 0 Å². The Morgan fingerprint density at radius 3 is 2.64 bits per heavy atom. The van der Waals surface area contributed by atoms with Gasteiger partial charge in [0.15, 0.2) is 9.84 Å². The molecule has 1 amide bonds. The summed E-state index contributed by atoms with van der Waals surface area (Å²) >= 11 is 0. The van der Waals surface area contributed by atoms with E-state index in [-0.39, 0.29) is 34.5 Å². The lowest BCUT2D eigenvalue weighted by Gasteiger charge is -2.19. The first-order valence-corrected chi connectivity index (χ1v) is 11.2. The van der Waals surface area contributed by atoms with Crippen molar-refractivity contribution in [1.82, 2.24) is 4.72 Å². The van der Waals surface area contributed by atoms with E-state index in [0.717, 1.165) is 6.42 Å². The highest BCUT2D eigenvalue weighted by Gasteiger charge is 2.33. The molecule has 1 aromatic carbocycles. The number of benzene rings is 1. The van der Waals surface area contributed by atoms with Crippen LogP contribution >= 0.6 is 0 Å². The highest BCUT2D eigenvalue weighted by Crippen LogP contribution is 2.31. The standard InChI is InChI=1S/C15H20N2O6S2/c1-23-13-5-4-12(17-7-2-3-15(17)18)9-14(13)25(21,22)16-11-6-8-24(19,20)10-11/h4-5,9,11,16H,2-3,6-8,10H2,1H3. The molecule has 2 aliphatic rings. The van der Waals surface area contributed by atoms with Gasteiger partial charge in [0.2, 0.25) is 15.9 Å². The average Bonchev–Trinajstić information content (AvgIpc) is 3.11. The summed E-state index contributed by atoms with van der Waals surface area (Å²) in [4.78, 5) is 13.3. The number of nitrogens with zero attached hydrogens (tertiary/aromatic N) is 1. The van der Waals surface area contributed by atoms with E-state index in [1.807, 2.05) is 0 Å². The molecule has 0 aliphatic carbocycles. The zero-order valence-electron chi connectivity index (χ0n) is 13.8. The number of sulfone groups is 1. The van der Waals surface area contributed by atoms with Gasteiger partial charge in [-0.1, -0.05) is 0 Å². The van der Waals surface area contributed by atoms with Crippen LogP contribution in [0.2, 0.25) is 0 Å². The molecule has 2 fully saturated rings. The Kier molecular flexibility index (Phi) is 4.78. The number of carbonyl (C=O) groups is 1. The molecule has 1 unspecified atom stereocenters. The van der Waals surface area contributed by atoms with Gasteiger partial charge in [-0.2, -0.15) is 0 Å². The molecule has 2 aliphatic heterocycles. The fraction of sp³-hybridized carbons (Fsp3) is 0.533. The highest BCUT2D eigenvalue weighted by molar-refractivity contribution is 7.92. The Labute approximate surface area is 147 Å². The fourth-order valence-corrected chi connectivity index (χ4v) is 6.37. The van der Waals surface area contributed by atoms with Crippen LogP contribution in [0.1, 0.15) is 19.3 Å². The number of hydrogen-bond acceptors (Lipinski definition) is 6. The Hall–Kier alpha value is -1.65.